The Balaban J connectivity index is 1.80. The summed E-state index contributed by atoms with van der Waals surface area (Å²) in [6.07, 6.45) is 2.63. The molecule has 0 bridgehead atoms. The van der Waals surface area contributed by atoms with Crippen molar-refractivity contribution >= 4 is 51.8 Å². The summed E-state index contributed by atoms with van der Waals surface area (Å²) in [4.78, 5) is 53.9. The predicted molar refractivity (Wildman–Crippen MR) is 249 cm³/mol. The second-order valence-electron chi connectivity index (χ2n) is 19.3. The van der Waals surface area contributed by atoms with Gasteiger partial charge in [-0.15, -0.1) is 0 Å². The number of carbonyl (C=O) groups excluding carboxylic acids is 4. The van der Waals surface area contributed by atoms with Gasteiger partial charge in [0, 0.05) is 83.4 Å². The summed E-state index contributed by atoms with van der Waals surface area (Å²) in [6.45, 7) is 23.1. The van der Waals surface area contributed by atoms with Crippen molar-refractivity contribution in [3.63, 3.8) is 0 Å². The summed E-state index contributed by atoms with van der Waals surface area (Å²) >= 11 is 1.36. The Morgan fingerprint density at radius 1 is 0.885 bits per heavy atom. The quantitative estimate of drug-likeness (QED) is 0.0522. The molecule has 2 N–H and O–H groups in total. The van der Waals surface area contributed by atoms with Gasteiger partial charge in [0.2, 0.25) is 11.8 Å². The molecule has 0 saturated heterocycles. The Labute approximate surface area is 369 Å². The van der Waals surface area contributed by atoms with Crippen LogP contribution in [-0.2, 0) is 30.4 Å². The van der Waals surface area contributed by atoms with Gasteiger partial charge in [-0.1, -0.05) is 90.4 Å². The first kappa shape index (κ1) is 51.4. The number of hydrogen-bond acceptors (Lipinski definition) is 7. The number of halogens is 2. The molecule has 0 saturated carbocycles. The van der Waals surface area contributed by atoms with Gasteiger partial charge in [-0.2, -0.15) is 11.8 Å². The van der Waals surface area contributed by atoms with E-state index in [1.807, 2.05) is 79.8 Å². The third-order valence-corrected chi connectivity index (χ3v) is 14.4. The molecule has 338 valence electrons. The molecule has 0 aliphatic rings. The normalized spacial score (nSPS) is 13.0. The summed E-state index contributed by atoms with van der Waals surface area (Å²) in [5.41, 5.74) is 1.82. The number of carbonyl (C=O) groups is 4. The van der Waals surface area contributed by atoms with Crippen molar-refractivity contribution < 1.29 is 37.4 Å². The zero-order chi connectivity index (χ0) is 45.4. The maximum atomic E-state index is 15.3. The first-order valence-corrected chi connectivity index (χ1v) is 30.0. The van der Waals surface area contributed by atoms with Crippen molar-refractivity contribution in [2.45, 2.75) is 123 Å². The van der Waals surface area contributed by atoms with E-state index in [-0.39, 0.29) is 61.1 Å². The maximum absolute atomic E-state index is 15.3. The summed E-state index contributed by atoms with van der Waals surface area (Å²) in [5.74, 6) is -1.21. The van der Waals surface area contributed by atoms with Crippen LogP contribution in [0.1, 0.15) is 70.7 Å². The van der Waals surface area contributed by atoms with Crippen molar-refractivity contribution in [3.8, 4) is 11.1 Å². The Bertz CT molecular complexity index is 1880. The topological polar surface area (TPSA) is 119 Å². The lowest BCUT2D eigenvalue weighted by molar-refractivity contribution is -0.143. The number of esters is 1. The molecule has 0 aliphatic carbocycles. The average Bonchev–Trinajstić information content (AvgIpc) is 3.55. The molecule has 0 aliphatic heterocycles. The number of hydrogen-bond donors (Lipinski definition) is 2. The molecule has 61 heavy (non-hydrogen) atoms. The Morgan fingerprint density at radius 3 is 2.18 bits per heavy atom. The molecule has 0 fully saturated rings. The summed E-state index contributed by atoms with van der Waals surface area (Å²) in [5, 5.41) is 5.79. The summed E-state index contributed by atoms with van der Waals surface area (Å²) in [6, 6.07) is 16.1. The molecule has 10 nitrogen and oxygen atoms in total. The molecule has 0 unspecified atom stereocenters. The Hall–Kier alpha value is -3.96. The van der Waals surface area contributed by atoms with Gasteiger partial charge in [0.25, 0.3) is 0 Å². The highest BCUT2D eigenvalue weighted by Gasteiger charge is 2.37. The van der Waals surface area contributed by atoms with Crippen molar-refractivity contribution in [1.29, 1.82) is 0 Å². The molecule has 3 amide bonds. The van der Waals surface area contributed by atoms with E-state index >= 15 is 4.39 Å². The number of alkyl carbamates (subject to hydrolysis) is 1. The number of aromatic nitrogens is 1. The number of thioether (sulfide) groups is 1. The van der Waals surface area contributed by atoms with Gasteiger partial charge in [0.1, 0.15) is 11.6 Å². The molecular formula is C46H70F2N4O6SSi2. The highest BCUT2D eigenvalue weighted by atomic mass is 32.2. The minimum Gasteiger partial charge on any atom is -0.466 e. The first-order chi connectivity index (χ1) is 28.5. The SMILES string of the molecule is C[C@@H](CCC(=O)OCC[Si](C)(C)C)NC(=O)CCSCC(=O)N(CCCNC(=O)OCC[Si](C)(C)C)[C@@H](c1cc(-c2cc(F)ccc2F)cn1Cc1ccccc1)C(C)(C)C. The zero-order valence-electron chi connectivity index (χ0n) is 38.1. The number of amides is 3. The molecule has 2 atom stereocenters. The second kappa shape index (κ2) is 24.0. The van der Waals surface area contributed by atoms with Crippen molar-refractivity contribution in [2.75, 3.05) is 37.8 Å². The van der Waals surface area contributed by atoms with Crippen LogP contribution in [0.5, 0.6) is 0 Å². The Kier molecular flexibility index (Phi) is 20.3. The van der Waals surface area contributed by atoms with E-state index in [4.69, 9.17) is 9.47 Å². The lowest BCUT2D eigenvalue weighted by Crippen LogP contribution is -2.44. The van der Waals surface area contributed by atoms with E-state index in [2.05, 4.69) is 49.9 Å². The molecular weight excluding hydrogens is 831 g/mol. The summed E-state index contributed by atoms with van der Waals surface area (Å²) in [7, 11) is -2.68. The minimum absolute atomic E-state index is 0.0929. The van der Waals surface area contributed by atoms with Crippen molar-refractivity contribution in [3.05, 3.63) is 83.7 Å². The zero-order valence-corrected chi connectivity index (χ0v) is 40.9. The van der Waals surface area contributed by atoms with Crippen LogP contribution < -0.4 is 10.6 Å². The van der Waals surface area contributed by atoms with Gasteiger partial charge in [-0.3, -0.25) is 14.4 Å². The van der Waals surface area contributed by atoms with E-state index in [9.17, 15) is 23.6 Å². The van der Waals surface area contributed by atoms with Crippen LogP contribution in [0.4, 0.5) is 13.6 Å². The standard InChI is InChI=1S/C46H70F2N4O6SSi2/c1-34(17-20-43(55)57-24-27-60(5,6)7)50-41(53)21-26-59-33-42(54)52(23-14-22-49-45(56)58-25-28-61(8,9)10)44(46(2,3)4)40-29-36(38-30-37(47)18-19-39(38)48)32-51(40)31-35-15-12-11-13-16-35/h11-13,15-16,18-19,29-30,32,34,44H,14,17,20-28,31,33H2,1-10H3,(H,49,56)(H,50,53)/t34-,44-/m0/s1. The van der Waals surface area contributed by atoms with E-state index in [0.29, 0.717) is 43.9 Å². The molecule has 1 aromatic heterocycles. The van der Waals surface area contributed by atoms with E-state index in [1.54, 1.807) is 0 Å². The molecule has 2 aromatic carbocycles. The van der Waals surface area contributed by atoms with Gasteiger partial charge in [-0.25, -0.2) is 13.6 Å². The smallest absolute Gasteiger partial charge is 0.407 e. The molecule has 3 aromatic rings. The van der Waals surface area contributed by atoms with E-state index < -0.39 is 45.3 Å². The van der Waals surface area contributed by atoms with Gasteiger partial charge < -0.3 is 29.6 Å². The predicted octanol–water partition coefficient (Wildman–Crippen LogP) is 10.1. The van der Waals surface area contributed by atoms with E-state index in [0.717, 1.165) is 35.5 Å². The van der Waals surface area contributed by atoms with Crippen LogP contribution >= 0.6 is 11.8 Å². The van der Waals surface area contributed by atoms with Crippen molar-refractivity contribution in [2.24, 2.45) is 5.41 Å². The van der Waals surface area contributed by atoms with Crippen LogP contribution in [0.2, 0.25) is 51.4 Å². The molecule has 1 heterocycles. The lowest BCUT2D eigenvalue weighted by Gasteiger charge is -2.41. The largest absolute Gasteiger partial charge is 0.466 e. The van der Waals surface area contributed by atoms with E-state index in [1.165, 1.54) is 17.8 Å². The first-order valence-electron chi connectivity index (χ1n) is 21.4. The number of nitrogens with one attached hydrogen (secondary N) is 2. The Morgan fingerprint density at radius 2 is 1.54 bits per heavy atom. The number of benzene rings is 2. The fraction of sp³-hybridized carbons (Fsp3) is 0.565. The third kappa shape index (κ3) is 19.3. The average molecular weight is 901 g/mol. The minimum atomic E-state index is -1.38. The fourth-order valence-corrected chi connectivity index (χ4v) is 8.90. The van der Waals surface area contributed by atoms with Gasteiger partial charge >= 0.3 is 12.1 Å². The number of nitrogens with zero attached hydrogens (tertiary/aromatic N) is 2. The summed E-state index contributed by atoms with van der Waals surface area (Å²) < 4.78 is 42.6. The van der Waals surface area contributed by atoms with Gasteiger partial charge in [0.15, 0.2) is 0 Å². The van der Waals surface area contributed by atoms with Crippen LogP contribution in [0.25, 0.3) is 11.1 Å². The van der Waals surface area contributed by atoms with Gasteiger partial charge in [0.05, 0.1) is 25.0 Å². The van der Waals surface area contributed by atoms with Crippen LogP contribution in [0.15, 0.2) is 60.8 Å². The third-order valence-electron chi connectivity index (χ3n) is 10.0. The van der Waals surface area contributed by atoms with Crippen LogP contribution in [0, 0.1) is 17.0 Å². The second-order valence-corrected chi connectivity index (χ2v) is 31.7. The molecule has 15 heteroatoms. The fourth-order valence-electron chi connectivity index (χ4n) is 6.65. The monoisotopic (exact) mass is 900 g/mol. The van der Waals surface area contributed by atoms with Crippen LogP contribution in [0.3, 0.4) is 0 Å². The molecule has 3 rings (SSSR count). The number of rotatable bonds is 24. The maximum Gasteiger partial charge on any atom is 0.407 e. The number of ether oxygens (including phenoxy) is 2. The highest BCUT2D eigenvalue weighted by Crippen LogP contribution is 2.41. The molecule has 0 spiro atoms. The van der Waals surface area contributed by atoms with Crippen LogP contribution in [-0.4, -0.2) is 93.3 Å². The highest BCUT2D eigenvalue weighted by molar-refractivity contribution is 7.99. The van der Waals surface area contributed by atoms with Crippen molar-refractivity contribution in [1.82, 2.24) is 20.1 Å². The van der Waals surface area contributed by atoms with Gasteiger partial charge in [-0.05, 0) is 67.1 Å². The lowest BCUT2D eigenvalue weighted by atomic mass is 9.83. The molecule has 0 radical (unpaired) electrons.